The lowest BCUT2D eigenvalue weighted by Crippen LogP contribution is -2.27. The number of aromatic nitrogens is 2. The summed E-state index contributed by atoms with van der Waals surface area (Å²) in [6, 6.07) is 15.7. The van der Waals surface area contributed by atoms with Crippen molar-refractivity contribution in [3.05, 3.63) is 59.8 Å². The highest BCUT2D eigenvalue weighted by molar-refractivity contribution is 6.12. The van der Waals surface area contributed by atoms with Crippen molar-refractivity contribution in [1.82, 2.24) is 9.78 Å². The van der Waals surface area contributed by atoms with E-state index < -0.39 is 0 Å². The van der Waals surface area contributed by atoms with Crippen molar-refractivity contribution >= 4 is 22.5 Å². The summed E-state index contributed by atoms with van der Waals surface area (Å²) in [5, 5.41) is 9.85. The van der Waals surface area contributed by atoms with E-state index in [0.717, 1.165) is 22.3 Å². The zero-order valence-electron chi connectivity index (χ0n) is 16.4. The van der Waals surface area contributed by atoms with Gasteiger partial charge in [-0.3, -0.25) is 4.79 Å². The molecule has 0 atom stereocenters. The van der Waals surface area contributed by atoms with Gasteiger partial charge >= 0.3 is 0 Å². The van der Waals surface area contributed by atoms with Crippen molar-refractivity contribution in [2.45, 2.75) is 52.5 Å². The van der Waals surface area contributed by atoms with Crippen LogP contribution < -0.4 is 5.32 Å². The molecule has 1 heterocycles. The highest BCUT2D eigenvalue weighted by Gasteiger charge is 2.26. The zero-order chi connectivity index (χ0) is 19.1. The van der Waals surface area contributed by atoms with Crippen LogP contribution in [0.4, 0.5) is 5.82 Å². The number of rotatable bonds is 2. The fourth-order valence-electron chi connectivity index (χ4n) is 2.96. The molecule has 0 spiro atoms. The first-order valence-corrected chi connectivity index (χ1v) is 8.97. The molecule has 3 aromatic rings. The molecule has 4 heteroatoms. The number of nitrogens with one attached hydrogen (secondary N) is 1. The molecular weight excluding hydrogens is 322 g/mol. The molecule has 1 amide bonds. The second-order valence-electron chi connectivity index (χ2n) is 8.73. The van der Waals surface area contributed by atoms with Gasteiger partial charge in [-0.05, 0) is 37.6 Å². The third-order valence-corrected chi connectivity index (χ3v) is 4.39. The fraction of sp³-hybridized carbons (Fsp3) is 0.364. The molecule has 1 aromatic heterocycles. The molecule has 0 fully saturated rings. The van der Waals surface area contributed by atoms with Crippen LogP contribution in [0.15, 0.2) is 48.5 Å². The summed E-state index contributed by atoms with van der Waals surface area (Å²) >= 11 is 0. The maximum Gasteiger partial charge on any atom is 0.257 e. The van der Waals surface area contributed by atoms with Crippen LogP contribution >= 0.6 is 0 Å². The maximum atomic E-state index is 13.0. The van der Waals surface area contributed by atoms with Gasteiger partial charge in [0.15, 0.2) is 0 Å². The van der Waals surface area contributed by atoms with Crippen LogP contribution in [0.2, 0.25) is 0 Å². The number of fused-ring (bicyclic) bond motifs is 1. The number of carbonyl (C=O) groups is 1. The molecule has 0 aliphatic rings. The van der Waals surface area contributed by atoms with Gasteiger partial charge in [-0.2, -0.15) is 5.10 Å². The normalized spacial score (nSPS) is 12.4. The highest BCUT2D eigenvalue weighted by atomic mass is 16.1. The topological polar surface area (TPSA) is 46.9 Å². The number of nitrogens with zero attached hydrogens (tertiary/aromatic N) is 2. The lowest BCUT2D eigenvalue weighted by atomic mass is 9.92. The molecule has 0 bridgehead atoms. The molecule has 0 unspecified atom stereocenters. The summed E-state index contributed by atoms with van der Waals surface area (Å²) < 4.78 is 1.90. The van der Waals surface area contributed by atoms with Gasteiger partial charge < -0.3 is 5.32 Å². The molecule has 3 rings (SSSR count). The first-order valence-electron chi connectivity index (χ1n) is 8.97. The molecule has 4 nitrogen and oxygen atoms in total. The highest BCUT2D eigenvalue weighted by Crippen LogP contribution is 2.29. The molecule has 1 N–H and O–H groups in total. The van der Waals surface area contributed by atoms with Crippen LogP contribution in [0.1, 0.15) is 57.6 Å². The number of amides is 1. The van der Waals surface area contributed by atoms with Gasteiger partial charge in [0.25, 0.3) is 5.91 Å². The third kappa shape index (κ3) is 3.50. The molecule has 0 saturated carbocycles. The Morgan fingerprint density at radius 1 is 0.962 bits per heavy atom. The Labute approximate surface area is 155 Å². The first kappa shape index (κ1) is 18.2. The van der Waals surface area contributed by atoms with Gasteiger partial charge in [0, 0.05) is 17.0 Å². The van der Waals surface area contributed by atoms with Gasteiger partial charge in [-0.15, -0.1) is 0 Å². The summed E-state index contributed by atoms with van der Waals surface area (Å²) in [7, 11) is 0. The maximum absolute atomic E-state index is 13.0. The Morgan fingerprint density at radius 3 is 2.27 bits per heavy atom. The minimum atomic E-state index is -0.231. The van der Waals surface area contributed by atoms with E-state index in [-0.39, 0.29) is 16.9 Å². The monoisotopic (exact) mass is 349 g/mol. The Hall–Kier alpha value is -2.62. The summed E-state index contributed by atoms with van der Waals surface area (Å²) in [6.45, 7) is 12.6. The SMILES string of the molecule is CC(C)(C)c1cc(NC(=O)c2cccc3ccccc23)n(C(C)(C)C)n1. The van der Waals surface area contributed by atoms with Gasteiger partial charge in [-0.25, -0.2) is 4.68 Å². The van der Waals surface area contributed by atoms with Crippen molar-refractivity contribution in [2.24, 2.45) is 0 Å². The molecule has 0 aliphatic heterocycles. The lowest BCUT2D eigenvalue weighted by molar-refractivity contribution is 0.102. The Bertz CT molecular complexity index is 950. The van der Waals surface area contributed by atoms with E-state index in [1.54, 1.807) is 0 Å². The predicted octanol–water partition coefficient (Wildman–Crippen LogP) is 5.34. The third-order valence-electron chi connectivity index (χ3n) is 4.39. The number of hydrogen-bond donors (Lipinski definition) is 1. The molecule has 2 aromatic carbocycles. The number of carbonyl (C=O) groups excluding carboxylic acids is 1. The van der Waals surface area contributed by atoms with Crippen LogP contribution in [0.3, 0.4) is 0 Å². The predicted molar refractivity (Wildman–Crippen MR) is 108 cm³/mol. The molecule has 0 aliphatic carbocycles. The quantitative estimate of drug-likeness (QED) is 0.679. The second kappa shape index (κ2) is 6.27. The summed E-state index contributed by atoms with van der Waals surface area (Å²) in [6.07, 6.45) is 0. The number of hydrogen-bond acceptors (Lipinski definition) is 2. The molecule has 0 saturated heterocycles. The standard InChI is InChI=1S/C22H27N3O/c1-21(2,3)18-14-19(25(24-18)22(4,5)6)23-20(26)17-13-9-11-15-10-7-8-12-16(15)17/h7-14H,1-6H3,(H,23,26). The van der Waals surface area contributed by atoms with Crippen molar-refractivity contribution in [3.8, 4) is 0 Å². The van der Waals surface area contributed by atoms with E-state index in [1.807, 2.05) is 53.2 Å². The average Bonchev–Trinajstić information content (AvgIpc) is 2.98. The van der Waals surface area contributed by atoms with E-state index in [1.165, 1.54) is 0 Å². The molecule has 0 radical (unpaired) electrons. The van der Waals surface area contributed by atoms with Crippen molar-refractivity contribution in [3.63, 3.8) is 0 Å². The summed E-state index contributed by atoms with van der Waals surface area (Å²) in [5.74, 6) is 0.605. The van der Waals surface area contributed by atoms with Crippen LogP contribution in [0, 0.1) is 0 Å². The van der Waals surface area contributed by atoms with Crippen molar-refractivity contribution in [1.29, 1.82) is 0 Å². The van der Waals surface area contributed by atoms with Crippen molar-refractivity contribution in [2.75, 3.05) is 5.32 Å². The van der Waals surface area contributed by atoms with Gasteiger partial charge in [0.1, 0.15) is 5.82 Å². The van der Waals surface area contributed by atoms with Gasteiger partial charge in [-0.1, -0.05) is 57.2 Å². The smallest absolute Gasteiger partial charge is 0.257 e. The van der Waals surface area contributed by atoms with E-state index in [9.17, 15) is 4.79 Å². The van der Waals surface area contributed by atoms with Crippen LogP contribution in [-0.4, -0.2) is 15.7 Å². The van der Waals surface area contributed by atoms with Crippen LogP contribution in [0.25, 0.3) is 10.8 Å². The number of benzene rings is 2. The Kier molecular flexibility index (Phi) is 4.39. The van der Waals surface area contributed by atoms with Crippen LogP contribution in [-0.2, 0) is 11.0 Å². The Balaban J connectivity index is 2.02. The van der Waals surface area contributed by atoms with Gasteiger partial charge in [0.05, 0.1) is 11.2 Å². The van der Waals surface area contributed by atoms with E-state index in [4.69, 9.17) is 5.10 Å². The molecular formula is C22H27N3O. The largest absolute Gasteiger partial charge is 0.307 e. The average molecular weight is 349 g/mol. The molecule has 136 valence electrons. The lowest BCUT2D eigenvalue weighted by Gasteiger charge is -2.23. The minimum Gasteiger partial charge on any atom is -0.307 e. The fourth-order valence-corrected chi connectivity index (χ4v) is 2.96. The van der Waals surface area contributed by atoms with Gasteiger partial charge in [0.2, 0.25) is 0 Å². The minimum absolute atomic E-state index is 0.0879. The van der Waals surface area contributed by atoms with E-state index in [2.05, 4.69) is 46.9 Å². The Morgan fingerprint density at radius 2 is 1.62 bits per heavy atom. The summed E-state index contributed by atoms with van der Waals surface area (Å²) in [5.41, 5.74) is 1.31. The number of anilines is 1. The molecule has 26 heavy (non-hydrogen) atoms. The second-order valence-corrected chi connectivity index (χ2v) is 8.73. The van der Waals surface area contributed by atoms with E-state index in [0.29, 0.717) is 5.56 Å². The van der Waals surface area contributed by atoms with Crippen molar-refractivity contribution < 1.29 is 4.79 Å². The van der Waals surface area contributed by atoms with E-state index >= 15 is 0 Å². The zero-order valence-corrected chi connectivity index (χ0v) is 16.4. The summed E-state index contributed by atoms with van der Waals surface area (Å²) in [4.78, 5) is 13.0. The van der Waals surface area contributed by atoms with Crippen LogP contribution in [0.5, 0.6) is 0 Å². The first-order chi connectivity index (χ1) is 12.1.